The molecule has 10 heteroatoms. The largest absolute Gasteiger partial charge is 0.476 e. The number of carbonyl (C=O) groups excluding carboxylic acids is 2. The molecule has 1 fully saturated rings. The number of rotatable bonds is 6. The number of aromatic carboxylic acids is 1. The maximum Gasteiger partial charge on any atom is 0.410 e. The minimum atomic E-state index is -1.17. The highest BCUT2D eigenvalue weighted by molar-refractivity contribution is 5.85. The van der Waals surface area contributed by atoms with Crippen molar-refractivity contribution in [2.45, 2.75) is 64.3 Å². The van der Waals surface area contributed by atoms with Gasteiger partial charge in [-0.25, -0.2) is 14.4 Å². The monoisotopic (exact) mass is 546 g/mol. The summed E-state index contributed by atoms with van der Waals surface area (Å²) in [6.45, 7) is 7.91. The number of nitrogens with one attached hydrogen (secondary N) is 1. The van der Waals surface area contributed by atoms with Gasteiger partial charge < -0.3 is 19.5 Å². The van der Waals surface area contributed by atoms with Gasteiger partial charge in [0.1, 0.15) is 12.2 Å². The molecule has 0 unspecified atom stereocenters. The number of carboxylic acids is 1. The number of H-pyrrole nitrogens is 1. The average molecular weight is 547 g/mol. The van der Waals surface area contributed by atoms with Crippen molar-refractivity contribution in [2.75, 3.05) is 13.2 Å². The first-order chi connectivity index (χ1) is 19.0. The Kier molecular flexibility index (Phi) is 7.27. The molecule has 5 rings (SSSR count). The molecule has 0 bridgehead atoms. The van der Waals surface area contributed by atoms with Crippen LogP contribution in [0.15, 0.2) is 54.6 Å². The van der Waals surface area contributed by atoms with Gasteiger partial charge in [-0.05, 0) is 62.4 Å². The Hall–Kier alpha value is -4.34. The summed E-state index contributed by atoms with van der Waals surface area (Å²) in [5.41, 5.74) is 4.14. The van der Waals surface area contributed by atoms with Crippen molar-refractivity contribution in [2.24, 2.45) is 0 Å². The fourth-order valence-corrected chi connectivity index (χ4v) is 5.65. The number of aromatic nitrogens is 2. The van der Waals surface area contributed by atoms with Crippen LogP contribution in [-0.4, -0.2) is 74.1 Å². The third kappa shape index (κ3) is 5.38. The predicted molar refractivity (Wildman–Crippen MR) is 147 cm³/mol. The normalized spacial score (nSPS) is 18.2. The van der Waals surface area contributed by atoms with Crippen LogP contribution in [0.25, 0.3) is 11.1 Å². The highest BCUT2D eigenvalue weighted by Gasteiger charge is 2.42. The van der Waals surface area contributed by atoms with Crippen LogP contribution in [0.5, 0.6) is 0 Å². The summed E-state index contributed by atoms with van der Waals surface area (Å²) in [4.78, 5) is 41.1. The molecule has 2 amide bonds. The van der Waals surface area contributed by atoms with E-state index in [0.717, 1.165) is 22.3 Å². The topological polar surface area (TPSA) is 125 Å². The average Bonchev–Trinajstić information content (AvgIpc) is 3.61. The summed E-state index contributed by atoms with van der Waals surface area (Å²) < 4.78 is 11.5. The molecule has 2 aliphatic rings. The molecule has 2 atom stereocenters. The molecule has 1 aliphatic carbocycles. The second-order valence-electron chi connectivity index (χ2n) is 11.3. The van der Waals surface area contributed by atoms with Crippen molar-refractivity contribution >= 4 is 18.2 Å². The molecule has 2 heterocycles. The van der Waals surface area contributed by atoms with Gasteiger partial charge >= 0.3 is 18.2 Å². The van der Waals surface area contributed by atoms with Gasteiger partial charge in [-0.1, -0.05) is 48.5 Å². The zero-order valence-electron chi connectivity index (χ0n) is 23.1. The smallest absolute Gasteiger partial charge is 0.410 e. The Morgan fingerprint density at radius 3 is 2.27 bits per heavy atom. The highest BCUT2D eigenvalue weighted by Crippen LogP contribution is 2.44. The minimum Gasteiger partial charge on any atom is -0.476 e. The molecule has 2 N–H and O–H groups in total. The summed E-state index contributed by atoms with van der Waals surface area (Å²) in [6, 6.07) is 16.9. The van der Waals surface area contributed by atoms with E-state index in [9.17, 15) is 19.5 Å². The number of hydrogen-bond donors (Lipinski definition) is 2. The van der Waals surface area contributed by atoms with Crippen molar-refractivity contribution in [1.29, 1.82) is 0 Å². The van der Waals surface area contributed by atoms with Crippen LogP contribution < -0.4 is 0 Å². The lowest BCUT2D eigenvalue weighted by molar-refractivity contribution is 0.0187. The second kappa shape index (κ2) is 10.7. The van der Waals surface area contributed by atoms with Gasteiger partial charge in [-0.15, -0.1) is 0 Å². The Labute approximate surface area is 232 Å². The van der Waals surface area contributed by atoms with Crippen LogP contribution in [0.4, 0.5) is 9.59 Å². The quantitative estimate of drug-likeness (QED) is 0.432. The number of ether oxygens (including phenoxy) is 2. The fourth-order valence-electron chi connectivity index (χ4n) is 5.65. The number of hydrogen-bond acceptors (Lipinski definition) is 6. The van der Waals surface area contributed by atoms with Crippen LogP contribution in [0.3, 0.4) is 0 Å². The van der Waals surface area contributed by atoms with Gasteiger partial charge in [0.15, 0.2) is 5.69 Å². The summed E-state index contributed by atoms with van der Waals surface area (Å²) in [5, 5.41) is 15.8. The molecule has 40 heavy (non-hydrogen) atoms. The number of benzene rings is 2. The number of amides is 2. The van der Waals surface area contributed by atoms with Crippen LogP contribution >= 0.6 is 0 Å². The zero-order chi connectivity index (χ0) is 28.6. The van der Waals surface area contributed by atoms with Crippen molar-refractivity contribution in [1.82, 2.24) is 20.0 Å². The Morgan fingerprint density at radius 1 is 1.07 bits per heavy atom. The molecule has 0 radical (unpaired) electrons. The summed E-state index contributed by atoms with van der Waals surface area (Å²) >= 11 is 0. The van der Waals surface area contributed by atoms with E-state index in [1.807, 2.05) is 52.0 Å². The van der Waals surface area contributed by atoms with Gasteiger partial charge in [0, 0.05) is 12.5 Å². The number of carbonyl (C=O) groups is 3. The van der Waals surface area contributed by atoms with E-state index in [2.05, 4.69) is 34.5 Å². The fraction of sp³-hybridized carbons (Fsp3) is 0.400. The summed E-state index contributed by atoms with van der Waals surface area (Å²) in [7, 11) is 0. The zero-order valence-corrected chi connectivity index (χ0v) is 23.1. The lowest BCUT2D eigenvalue weighted by Crippen LogP contribution is -2.48. The highest BCUT2D eigenvalue weighted by atomic mass is 16.6. The standard InChI is InChI=1S/C30H34N4O6/c1-18-26(13-14-33(18)29(38)40-30(2,3)4)34(16-19-15-25(27(35)36)32-31-19)28(37)39-17-24-22-11-7-5-9-20(22)21-10-6-8-12-23(21)24/h5-12,15,18,24,26H,13-14,16-17H2,1-4H3,(H,31,32)(H,35,36)/t18-,26-/m1/s1. The second-order valence-corrected chi connectivity index (χ2v) is 11.3. The predicted octanol–water partition coefficient (Wildman–Crippen LogP) is 5.26. The molecule has 10 nitrogen and oxygen atoms in total. The van der Waals surface area contributed by atoms with Gasteiger partial charge in [0.2, 0.25) is 0 Å². The van der Waals surface area contributed by atoms with E-state index < -0.39 is 23.8 Å². The number of aromatic amines is 1. The maximum absolute atomic E-state index is 13.7. The van der Waals surface area contributed by atoms with E-state index in [0.29, 0.717) is 18.7 Å². The summed E-state index contributed by atoms with van der Waals surface area (Å²) in [6.07, 6.45) is -0.467. The van der Waals surface area contributed by atoms with E-state index in [1.54, 1.807) is 9.80 Å². The molecule has 3 aromatic rings. The molecule has 2 aromatic carbocycles. The first-order valence-electron chi connectivity index (χ1n) is 13.4. The SMILES string of the molecule is C[C@@H]1[C@H](N(Cc2cc(C(=O)O)n[nH]2)C(=O)OCC2c3ccccc3-c3ccccc32)CCN1C(=O)OC(C)(C)C. The van der Waals surface area contributed by atoms with E-state index in [4.69, 9.17) is 9.47 Å². The Balaban J connectivity index is 1.37. The molecule has 1 aromatic heterocycles. The molecule has 1 saturated heterocycles. The maximum atomic E-state index is 13.7. The molecule has 1 aliphatic heterocycles. The summed E-state index contributed by atoms with van der Waals surface area (Å²) in [5.74, 6) is -1.27. The Bertz CT molecular complexity index is 1380. The van der Waals surface area contributed by atoms with E-state index >= 15 is 0 Å². The van der Waals surface area contributed by atoms with E-state index in [1.165, 1.54) is 6.07 Å². The molecular weight excluding hydrogens is 512 g/mol. The van der Waals surface area contributed by atoms with Gasteiger partial charge in [0.25, 0.3) is 0 Å². The van der Waals surface area contributed by atoms with Gasteiger partial charge in [-0.3, -0.25) is 10.00 Å². The first-order valence-corrected chi connectivity index (χ1v) is 13.4. The van der Waals surface area contributed by atoms with Crippen LogP contribution in [0.2, 0.25) is 0 Å². The lowest BCUT2D eigenvalue weighted by atomic mass is 9.98. The van der Waals surface area contributed by atoms with Crippen molar-refractivity contribution < 1.29 is 29.0 Å². The number of carboxylic acid groups (broad SMARTS) is 1. The number of nitrogens with zero attached hydrogens (tertiary/aromatic N) is 3. The number of likely N-dealkylation sites (tertiary alicyclic amines) is 1. The van der Waals surface area contributed by atoms with Crippen LogP contribution in [0.1, 0.15) is 67.3 Å². The molecule has 0 saturated carbocycles. The van der Waals surface area contributed by atoms with Crippen molar-refractivity contribution in [3.63, 3.8) is 0 Å². The van der Waals surface area contributed by atoms with Crippen molar-refractivity contribution in [3.05, 3.63) is 77.1 Å². The van der Waals surface area contributed by atoms with Crippen LogP contribution in [0, 0.1) is 0 Å². The van der Waals surface area contributed by atoms with Crippen molar-refractivity contribution in [3.8, 4) is 11.1 Å². The number of fused-ring (bicyclic) bond motifs is 3. The molecular formula is C30H34N4O6. The first kappa shape index (κ1) is 27.2. The minimum absolute atomic E-state index is 0.0497. The third-order valence-corrected chi connectivity index (χ3v) is 7.50. The Morgan fingerprint density at radius 2 is 1.70 bits per heavy atom. The lowest BCUT2D eigenvalue weighted by Gasteiger charge is -2.33. The van der Waals surface area contributed by atoms with E-state index in [-0.39, 0.29) is 36.8 Å². The molecule has 210 valence electrons. The van der Waals surface area contributed by atoms with Gasteiger partial charge in [-0.2, -0.15) is 5.10 Å². The van der Waals surface area contributed by atoms with Crippen LogP contribution in [-0.2, 0) is 16.0 Å². The van der Waals surface area contributed by atoms with Gasteiger partial charge in [0.05, 0.1) is 24.3 Å². The molecule has 0 spiro atoms. The third-order valence-electron chi connectivity index (χ3n) is 7.50.